The Morgan fingerprint density at radius 1 is 1.32 bits per heavy atom. The molecule has 19 heavy (non-hydrogen) atoms. The summed E-state index contributed by atoms with van der Waals surface area (Å²) in [6.07, 6.45) is -4.73. The number of hydrogen-bond donors (Lipinski definition) is 0. The minimum atomic E-state index is -4.73. The highest BCUT2D eigenvalue weighted by Gasteiger charge is 2.33. The van der Waals surface area contributed by atoms with Crippen molar-refractivity contribution >= 4 is 5.90 Å². The van der Waals surface area contributed by atoms with Gasteiger partial charge in [-0.05, 0) is 18.1 Å². The molecule has 0 bridgehead atoms. The zero-order valence-corrected chi connectivity index (χ0v) is 10.6. The second-order valence-electron chi connectivity index (χ2n) is 4.60. The van der Waals surface area contributed by atoms with Gasteiger partial charge in [-0.15, -0.1) is 13.2 Å². The van der Waals surface area contributed by atoms with E-state index in [1.807, 2.05) is 13.8 Å². The van der Waals surface area contributed by atoms with Gasteiger partial charge in [-0.3, -0.25) is 0 Å². The quantitative estimate of drug-likeness (QED) is 0.845. The van der Waals surface area contributed by atoms with Crippen LogP contribution in [0.4, 0.5) is 13.2 Å². The summed E-state index contributed by atoms with van der Waals surface area (Å²) in [6, 6.07) is 5.81. The standard InChI is InChI=1S/C13H14F3NO2/c1-8(2)10-7-18-12(17-10)9-5-3-4-6-11(9)19-13(14,15)16/h3-6,8,10H,7H2,1-2H3/t10-/m1/s1. The lowest BCUT2D eigenvalue weighted by molar-refractivity contribution is -0.274. The number of aliphatic imine (C=N–C) groups is 1. The molecule has 1 aliphatic rings. The van der Waals surface area contributed by atoms with E-state index in [0.29, 0.717) is 6.61 Å². The molecule has 0 radical (unpaired) electrons. The number of hydrogen-bond acceptors (Lipinski definition) is 3. The van der Waals surface area contributed by atoms with Crippen molar-refractivity contribution in [3.8, 4) is 5.75 Å². The summed E-state index contributed by atoms with van der Waals surface area (Å²) < 4.78 is 46.3. The normalized spacial score (nSPS) is 19.3. The smallest absolute Gasteiger partial charge is 0.475 e. The van der Waals surface area contributed by atoms with Crippen LogP contribution in [0.15, 0.2) is 29.3 Å². The largest absolute Gasteiger partial charge is 0.573 e. The molecule has 0 fully saturated rings. The number of benzene rings is 1. The van der Waals surface area contributed by atoms with Gasteiger partial charge in [-0.2, -0.15) is 0 Å². The van der Waals surface area contributed by atoms with Crippen LogP contribution in [0.1, 0.15) is 19.4 Å². The summed E-state index contributed by atoms with van der Waals surface area (Å²) in [4.78, 5) is 4.30. The van der Waals surface area contributed by atoms with Gasteiger partial charge in [0, 0.05) is 0 Å². The molecule has 0 unspecified atom stereocenters. The van der Waals surface area contributed by atoms with Gasteiger partial charge in [0.05, 0.1) is 11.6 Å². The monoisotopic (exact) mass is 273 g/mol. The molecule has 1 aromatic rings. The average molecular weight is 273 g/mol. The summed E-state index contributed by atoms with van der Waals surface area (Å²) in [7, 11) is 0. The lowest BCUT2D eigenvalue weighted by Crippen LogP contribution is -2.19. The molecule has 2 rings (SSSR count). The Balaban J connectivity index is 2.28. The van der Waals surface area contributed by atoms with Crippen molar-refractivity contribution in [3.05, 3.63) is 29.8 Å². The fraction of sp³-hybridized carbons (Fsp3) is 0.462. The average Bonchev–Trinajstić information content (AvgIpc) is 2.76. The SMILES string of the molecule is CC(C)[C@H]1COC(c2ccccc2OC(F)(F)F)=N1. The van der Waals surface area contributed by atoms with Crippen molar-refractivity contribution in [2.45, 2.75) is 26.3 Å². The third-order valence-electron chi connectivity index (χ3n) is 2.79. The van der Waals surface area contributed by atoms with Crippen molar-refractivity contribution in [2.24, 2.45) is 10.9 Å². The van der Waals surface area contributed by atoms with Crippen LogP contribution in [0.25, 0.3) is 0 Å². The Morgan fingerprint density at radius 3 is 2.58 bits per heavy atom. The third kappa shape index (κ3) is 3.39. The molecule has 1 heterocycles. The van der Waals surface area contributed by atoms with Crippen molar-refractivity contribution in [1.82, 2.24) is 0 Å². The molecule has 0 aliphatic carbocycles. The second-order valence-corrected chi connectivity index (χ2v) is 4.60. The van der Waals surface area contributed by atoms with Gasteiger partial charge in [0.15, 0.2) is 0 Å². The summed E-state index contributed by atoms with van der Waals surface area (Å²) in [5.41, 5.74) is 0.225. The number of nitrogens with zero attached hydrogens (tertiary/aromatic N) is 1. The summed E-state index contributed by atoms with van der Waals surface area (Å²) in [5, 5.41) is 0. The number of ether oxygens (including phenoxy) is 2. The van der Waals surface area contributed by atoms with Crippen LogP contribution in [0, 0.1) is 5.92 Å². The Labute approximate surface area is 109 Å². The van der Waals surface area contributed by atoms with Crippen LogP contribution in [0.2, 0.25) is 0 Å². The Kier molecular flexibility index (Phi) is 3.68. The van der Waals surface area contributed by atoms with E-state index in [-0.39, 0.29) is 29.2 Å². The van der Waals surface area contributed by atoms with Crippen LogP contribution in [0.3, 0.4) is 0 Å². The predicted molar refractivity (Wildman–Crippen MR) is 64.2 cm³/mol. The first kappa shape index (κ1) is 13.7. The molecule has 1 aliphatic heterocycles. The topological polar surface area (TPSA) is 30.8 Å². The van der Waals surface area contributed by atoms with Gasteiger partial charge < -0.3 is 9.47 Å². The molecule has 104 valence electrons. The van der Waals surface area contributed by atoms with Crippen LogP contribution < -0.4 is 4.74 Å². The second kappa shape index (κ2) is 5.11. The highest BCUT2D eigenvalue weighted by Crippen LogP contribution is 2.29. The van der Waals surface area contributed by atoms with E-state index in [1.165, 1.54) is 18.2 Å². The van der Waals surface area contributed by atoms with E-state index in [4.69, 9.17) is 4.74 Å². The summed E-state index contributed by atoms with van der Waals surface area (Å²) >= 11 is 0. The molecular formula is C13H14F3NO2. The summed E-state index contributed by atoms with van der Waals surface area (Å²) in [5.74, 6) is 0.185. The highest BCUT2D eigenvalue weighted by atomic mass is 19.4. The molecule has 0 N–H and O–H groups in total. The molecule has 1 atom stereocenters. The van der Waals surface area contributed by atoms with Crippen LogP contribution in [-0.4, -0.2) is 24.9 Å². The molecule has 0 saturated heterocycles. The summed E-state index contributed by atoms with van der Waals surface area (Å²) in [6.45, 7) is 4.35. The van der Waals surface area contributed by atoms with E-state index in [1.54, 1.807) is 6.07 Å². The van der Waals surface area contributed by atoms with Crippen LogP contribution in [-0.2, 0) is 4.74 Å². The van der Waals surface area contributed by atoms with Crippen molar-refractivity contribution < 1.29 is 22.6 Å². The van der Waals surface area contributed by atoms with Gasteiger partial charge >= 0.3 is 6.36 Å². The fourth-order valence-electron chi connectivity index (χ4n) is 1.74. The van der Waals surface area contributed by atoms with E-state index in [0.717, 1.165) is 0 Å². The van der Waals surface area contributed by atoms with Gasteiger partial charge in [0.25, 0.3) is 0 Å². The van der Waals surface area contributed by atoms with Gasteiger partial charge in [0.2, 0.25) is 5.90 Å². The van der Waals surface area contributed by atoms with Crippen molar-refractivity contribution in [1.29, 1.82) is 0 Å². The number of alkyl halides is 3. The number of rotatable bonds is 3. The van der Waals surface area contributed by atoms with E-state index >= 15 is 0 Å². The predicted octanol–water partition coefficient (Wildman–Crippen LogP) is 3.39. The maximum Gasteiger partial charge on any atom is 0.573 e. The fourth-order valence-corrected chi connectivity index (χ4v) is 1.74. The maximum absolute atomic E-state index is 12.3. The molecule has 1 aromatic carbocycles. The Bertz CT molecular complexity index is 483. The molecular weight excluding hydrogens is 259 g/mol. The van der Waals surface area contributed by atoms with Gasteiger partial charge in [-0.25, -0.2) is 4.99 Å². The van der Waals surface area contributed by atoms with Gasteiger partial charge in [0.1, 0.15) is 12.4 Å². The first-order chi connectivity index (χ1) is 8.87. The number of para-hydroxylation sites is 1. The first-order valence-corrected chi connectivity index (χ1v) is 5.92. The molecule has 0 amide bonds. The minimum Gasteiger partial charge on any atom is -0.475 e. The zero-order valence-electron chi connectivity index (χ0n) is 10.6. The van der Waals surface area contributed by atoms with E-state index in [2.05, 4.69) is 9.73 Å². The van der Waals surface area contributed by atoms with Crippen molar-refractivity contribution in [2.75, 3.05) is 6.61 Å². The van der Waals surface area contributed by atoms with Gasteiger partial charge in [-0.1, -0.05) is 26.0 Å². The molecule has 6 heteroatoms. The lowest BCUT2D eigenvalue weighted by atomic mass is 10.1. The van der Waals surface area contributed by atoms with E-state index in [9.17, 15) is 13.2 Å². The lowest BCUT2D eigenvalue weighted by Gasteiger charge is -2.12. The molecule has 0 aromatic heterocycles. The minimum absolute atomic E-state index is 0.0334. The highest BCUT2D eigenvalue weighted by molar-refractivity contribution is 5.97. The van der Waals surface area contributed by atoms with Crippen LogP contribution in [0.5, 0.6) is 5.75 Å². The van der Waals surface area contributed by atoms with E-state index < -0.39 is 6.36 Å². The number of halogens is 3. The van der Waals surface area contributed by atoms with Crippen LogP contribution >= 0.6 is 0 Å². The Morgan fingerprint density at radius 2 is 2.00 bits per heavy atom. The third-order valence-corrected chi connectivity index (χ3v) is 2.79. The molecule has 0 saturated carbocycles. The molecule has 3 nitrogen and oxygen atoms in total. The Hall–Kier alpha value is -1.72. The maximum atomic E-state index is 12.3. The van der Waals surface area contributed by atoms with Crippen molar-refractivity contribution in [3.63, 3.8) is 0 Å². The first-order valence-electron chi connectivity index (χ1n) is 5.92. The molecule has 0 spiro atoms. The zero-order chi connectivity index (χ0) is 14.0.